The van der Waals surface area contributed by atoms with Gasteiger partial charge in [0.15, 0.2) is 11.6 Å². The van der Waals surface area contributed by atoms with Gasteiger partial charge >= 0.3 is 0 Å². The van der Waals surface area contributed by atoms with E-state index in [0.717, 1.165) is 0 Å². The van der Waals surface area contributed by atoms with Crippen molar-refractivity contribution in [2.24, 2.45) is 0 Å². The number of fused-ring (bicyclic) bond motifs is 2. The van der Waals surface area contributed by atoms with Gasteiger partial charge in [0.25, 0.3) is 0 Å². The summed E-state index contributed by atoms with van der Waals surface area (Å²) >= 11 is 62.5. The van der Waals surface area contributed by atoms with Gasteiger partial charge in [-0.2, -0.15) is 0 Å². The van der Waals surface area contributed by atoms with Crippen LogP contribution in [-0.4, -0.2) is 11.6 Å². The first-order valence-corrected chi connectivity index (χ1v) is 14.6. The molecule has 0 amide bonds. The monoisotopic (exact) mass is 730 g/mol. The Hall–Kier alpha value is -1.28. The Bertz CT molecular complexity index is 1620. The summed E-state index contributed by atoms with van der Waals surface area (Å²) in [5.41, 5.74) is 1.08. The van der Waals surface area contributed by atoms with E-state index >= 15 is 0 Å². The third kappa shape index (κ3) is 4.81. The maximum absolute atomic E-state index is 13.8. The van der Waals surface area contributed by atoms with Crippen LogP contribution in [0.25, 0.3) is 0 Å². The van der Waals surface area contributed by atoms with Crippen molar-refractivity contribution in [1.82, 2.24) is 0 Å². The van der Waals surface area contributed by atoms with Gasteiger partial charge in [0.05, 0.1) is 84.1 Å². The zero-order valence-corrected chi connectivity index (χ0v) is 26.6. The van der Waals surface area contributed by atoms with Gasteiger partial charge in [-0.15, -0.1) is 0 Å². The number of hydrogen-bond acceptors (Lipinski definition) is 4. The van der Waals surface area contributed by atoms with Gasteiger partial charge in [0.1, 0.15) is 0 Å². The lowest BCUT2D eigenvalue weighted by Gasteiger charge is -2.24. The van der Waals surface area contributed by atoms with Crippen molar-refractivity contribution < 1.29 is 9.59 Å². The predicted molar refractivity (Wildman–Crippen MR) is 169 cm³/mol. The number of ketones is 2. The highest BCUT2D eigenvalue weighted by atomic mass is 35.5. The molecule has 0 heterocycles. The average molecular weight is 735 g/mol. The molecule has 1 aliphatic carbocycles. The molecule has 40 heavy (non-hydrogen) atoms. The maximum atomic E-state index is 13.8. The van der Waals surface area contributed by atoms with E-state index in [1.165, 1.54) is 12.1 Å². The number of anilines is 4. The summed E-state index contributed by atoms with van der Waals surface area (Å²) in [5.74, 6) is -0.918. The molecule has 0 atom stereocenters. The van der Waals surface area contributed by atoms with E-state index in [9.17, 15) is 9.59 Å². The molecule has 4 aromatic carbocycles. The summed E-state index contributed by atoms with van der Waals surface area (Å²) in [5, 5.41) is 5.72. The van der Waals surface area contributed by atoms with Crippen molar-refractivity contribution in [2.75, 3.05) is 10.6 Å². The Morgan fingerprint density at radius 1 is 0.400 bits per heavy atom. The van der Waals surface area contributed by atoms with E-state index in [0.29, 0.717) is 0 Å². The molecule has 5 rings (SSSR count). The summed E-state index contributed by atoms with van der Waals surface area (Å²) in [7, 11) is 0. The largest absolute Gasteiger partial charge is 0.352 e. The zero-order chi connectivity index (χ0) is 29.2. The third-order valence-corrected chi connectivity index (χ3v) is 10.6. The summed E-state index contributed by atoms with van der Waals surface area (Å²) in [4.78, 5) is 27.7. The summed E-state index contributed by atoms with van der Waals surface area (Å²) in [6.07, 6.45) is 0. The van der Waals surface area contributed by atoms with Gasteiger partial charge in [-0.3, -0.25) is 9.59 Å². The number of carbonyl (C=O) groups excluding carboxylic acids is 2. The van der Waals surface area contributed by atoms with Gasteiger partial charge in [-0.1, -0.05) is 140 Å². The molecule has 0 saturated carbocycles. The van der Waals surface area contributed by atoms with E-state index in [1.807, 2.05) is 0 Å². The Morgan fingerprint density at radius 3 is 0.975 bits per heavy atom. The van der Waals surface area contributed by atoms with Crippen LogP contribution in [0, 0.1) is 0 Å². The van der Waals surface area contributed by atoms with Crippen LogP contribution in [0.2, 0.25) is 50.2 Å². The van der Waals surface area contributed by atoms with E-state index in [1.54, 1.807) is 24.3 Å². The molecular formula is C26H8Cl10N2O2. The molecule has 0 unspecified atom stereocenters. The Balaban J connectivity index is 1.63. The van der Waals surface area contributed by atoms with E-state index in [-0.39, 0.29) is 95.2 Å². The SMILES string of the molecule is O=C1c2cccc(Nc3c(Cl)c(Cl)c(Cl)c(Cl)c3Cl)c2C(=O)c2cccc(Nc3c(Cl)c(Cl)c(Cl)c(Cl)c3Cl)c21. The smallest absolute Gasteiger partial charge is 0.196 e. The van der Waals surface area contributed by atoms with Gasteiger partial charge in [-0.05, 0) is 12.1 Å². The minimum absolute atomic E-state index is 0.0193. The summed E-state index contributed by atoms with van der Waals surface area (Å²) < 4.78 is 0. The molecule has 0 aromatic heterocycles. The van der Waals surface area contributed by atoms with Crippen LogP contribution >= 0.6 is 116 Å². The van der Waals surface area contributed by atoms with E-state index < -0.39 is 11.6 Å². The molecule has 0 fully saturated rings. The molecule has 0 bridgehead atoms. The van der Waals surface area contributed by atoms with Crippen molar-refractivity contribution in [3.05, 3.63) is 109 Å². The van der Waals surface area contributed by atoms with Crippen LogP contribution in [0.3, 0.4) is 0 Å². The normalized spacial score (nSPS) is 12.3. The topological polar surface area (TPSA) is 58.2 Å². The summed E-state index contributed by atoms with van der Waals surface area (Å²) in [6.45, 7) is 0. The van der Waals surface area contributed by atoms with Crippen molar-refractivity contribution >= 4 is 150 Å². The number of halogens is 10. The average Bonchev–Trinajstić information content (AvgIpc) is 2.95. The number of benzene rings is 4. The van der Waals surface area contributed by atoms with Crippen LogP contribution in [0.4, 0.5) is 22.7 Å². The second-order valence-corrected chi connectivity index (χ2v) is 12.0. The third-order valence-electron chi connectivity index (χ3n) is 6.01. The van der Waals surface area contributed by atoms with Gasteiger partial charge < -0.3 is 10.6 Å². The van der Waals surface area contributed by atoms with Crippen molar-refractivity contribution in [3.63, 3.8) is 0 Å². The molecule has 0 spiro atoms. The first-order valence-electron chi connectivity index (χ1n) is 10.8. The second kappa shape index (κ2) is 11.4. The number of carbonyl (C=O) groups is 2. The predicted octanol–water partition coefficient (Wildman–Crippen LogP) is 12.5. The first-order chi connectivity index (χ1) is 18.9. The molecule has 4 aromatic rings. The van der Waals surface area contributed by atoms with Crippen LogP contribution in [0.15, 0.2) is 36.4 Å². The molecule has 204 valence electrons. The van der Waals surface area contributed by atoms with E-state index in [2.05, 4.69) is 10.6 Å². The lowest BCUT2D eigenvalue weighted by molar-refractivity contribution is 0.0980. The van der Waals surface area contributed by atoms with Gasteiger partial charge in [0, 0.05) is 11.1 Å². The van der Waals surface area contributed by atoms with Crippen molar-refractivity contribution in [2.45, 2.75) is 0 Å². The van der Waals surface area contributed by atoms with Crippen molar-refractivity contribution in [3.8, 4) is 0 Å². The second-order valence-electron chi connectivity index (χ2n) is 8.25. The highest BCUT2D eigenvalue weighted by Gasteiger charge is 2.34. The molecule has 0 radical (unpaired) electrons. The first kappa shape index (κ1) is 30.2. The van der Waals surface area contributed by atoms with Crippen LogP contribution in [0.1, 0.15) is 31.8 Å². The van der Waals surface area contributed by atoms with Crippen LogP contribution in [0.5, 0.6) is 0 Å². The van der Waals surface area contributed by atoms with E-state index in [4.69, 9.17) is 116 Å². The maximum Gasteiger partial charge on any atom is 0.196 e. The standard InChI is InChI=1S/C26H8Cl10N2O2/c27-13-15(29)19(33)23(20(34)16(13)30)37-9-5-1-3-7-11(9)26(40)8-4-2-6-10(12(8)25(7)39)38-24-21(35)17(31)14(28)18(32)22(24)36/h1-6,37-38H. The molecular weight excluding hydrogens is 727 g/mol. The highest BCUT2D eigenvalue weighted by molar-refractivity contribution is 6.57. The van der Waals surface area contributed by atoms with Gasteiger partial charge in [0.2, 0.25) is 0 Å². The molecule has 4 nitrogen and oxygen atoms in total. The zero-order valence-electron chi connectivity index (χ0n) is 19.1. The molecule has 1 aliphatic rings. The summed E-state index contributed by atoms with van der Waals surface area (Å²) in [6, 6.07) is 9.36. The number of hydrogen-bond donors (Lipinski definition) is 2. The molecule has 0 saturated heterocycles. The highest BCUT2D eigenvalue weighted by Crippen LogP contribution is 2.50. The minimum atomic E-state index is -0.459. The van der Waals surface area contributed by atoms with Crippen LogP contribution in [-0.2, 0) is 0 Å². The molecule has 0 aliphatic heterocycles. The lowest BCUT2D eigenvalue weighted by atomic mass is 9.82. The fraction of sp³-hybridized carbons (Fsp3) is 0. The molecule has 2 N–H and O–H groups in total. The fourth-order valence-corrected chi connectivity index (χ4v) is 6.61. The van der Waals surface area contributed by atoms with Crippen LogP contribution < -0.4 is 10.6 Å². The Morgan fingerprint density at radius 2 is 0.675 bits per heavy atom. The Kier molecular flexibility index (Phi) is 8.62. The van der Waals surface area contributed by atoms with Crippen molar-refractivity contribution in [1.29, 1.82) is 0 Å². The number of rotatable bonds is 4. The number of nitrogens with one attached hydrogen (secondary N) is 2. The van der Waals surface area contributed by atoms with Gasteiger partial charge in [-0.25, -0.2) is 0 Å². The molecule has 14 heteroatoms. The quantitative estimate of drug-likeness (QED) is 0.143. The fourth-order valence-electron chi connectivity index (χ4n) is 4.15. The minimum Gasteiger partial charge on any atom is -0.352 e. The lowest BCUT2D eigenvalue weighted by Crippen LogP contribution is -2.23. The Labute approximate surface area is 277 Å².